The molecule has 0 fully saturated rings. The second-order valence-corrected chi connectivity index (χ2v) is 7.41. The number of esters is 1. The van der Waals surface area contributed by atoms with Crippen LogP contribution in [-0.4, -0.2) is 40.5 Å². The Labute approximate surface area is 163 Å². The Morgan fingerprint density at radius 1 is 1.35 bits per heavy atom. The summed E-state index contributed by atoms with van der Waals surface area (Å²) in [5.41, 5.74) is 1.25. The van der Waals surface area contributed by atoms with Gasteiger partial charge in [-0.05, 0) is 19.1 Å². The Kier molecular flexibility index (Phi) is 5.09. The third kappa shape index (κ3) is 2.91. The van der Waals surface area contributed by atoms with E-state index in [0.717, 1.165) is 4.47 Å². The molecule has 1 aliphatic rings. The number of rotatable bonds is 5. The van der Waals surface area contributed by atoms with Gasteiger partial charge in [0, 0.05) is 26.9 Å². The monoisotopic (exact) mass is 437 g/mol. The first-order chi connectivity index (χ1) is 12.3. The third-order valence-corrected chi connectivity index (χ3v) is 5.45. The molecular formula is C18H16BrNO5S. The number of fused-ring (bicyclic) bond motifs is 1. The lowest BCUT2D eigenvalue weighted by Crippen LogP contribution is -2.42. The van der Waals surface area contributed by atoms with Crippen molar-refractivity contribution in [2.45, 2.75) is 30.3 Å². The van der Waals surface area contributed by atoms with Crippen molar-refractivity contribution in [1.29, 1.82) is 0 Å². The molecule has 6 nitrogen and oxygen atoms in total. The summed E-state index contributed by atoms with van der Waals surface area (Å²) < 4.78 is 6.81. The maximum absolute atomic E-state index is 12.6. The topological polar surface area (TPSA) is 85.6 Å². The minimum Gasteiger partial charge on any atom is -0.464 e. The van der Waals surface area contributed by atoms with Crippen LogP contribution in [0.4, 0.5) is 0 Å². The van der Waals surface area contributed by atoms with E-state index in [4.69, 9.17) is 4.74 Å². The average Bonchev–Trinajstić information content (AvgIpc) is 2.83. The Morgan fingerprint density at radius 3 is 2.50 bits per heavy atom. The minimum absolute atomic E-state index is 0.000128. The normalized spacial score (nSPS) is 16.7. The fourth-order valence-corrected chi connectivity index (χ4v) is 3.83. The van der Waals surface area contributed by atoms with Crippen LogP contribution in [0.1, 0.15) is 49.7 Å². The van der Waals surface area contributed by atoms with E-state index in [0.29, 0.717) is 21.7 Å². The summed E-state index contributed by atoms with van der Waals surface area (Å²) in [5.74, 6) is -2.11. The van der Waals surface area contributed by atoms with Crippen molar-refractivity contribution in [2.24, 2.45) is 0 Å². The van der Waals surface area contributed by atoms with E-state index in [-0.39, 0.29) is 17.9 Å². The van der Waals surface area contributed by atoms with Gasteiger partial charge in [0.25, 0.3) is 0 Å². The first-order valence-corrected chi connectivity index (χ1v) is 9.07. The summed E-state index contributed by atoms with van der Waals surface area (Å²) in [5, 5.41) is 9.84. The molecule has 1 aromatic carbocycles. The number of methoxy groups -OCH3 is 1. The lowest BCUT2D eigenvalue weighted by Gasteiger charge is -2.31. The molecule has 136 valence electrons. The third-order valence-electron chi connectivity index (χ3n) is 4.42. The lowest BCUT2D eigenvalue weighted by molar-refractivity contribution is 0.0534. The number of aromatic nitrogens is 1. The van der Waals surface area contributed by atoms with Gasteiger partial charge in [-0.2, -0.15) is 0 Å². The maximum atomic E-state index is 12.6. The molecule has 0 bridgehead atoms. The van der Waals surface area contributed by atoms with Crippen LogP contribution in [0.25, 0.3) is 0 Å². The summed E-state index contributed by atoms with van der Waals surface area (Å²) in [6.45, 7) is 1.50. The molecule has 3 rings (SSSR count). The van der Waals surface area contributed by atoms with Gasteiger partial charge in [-0.15, -0.1) is 12.6 Å². The fraction of sp³-hybridized carbons (Fsp3) is 0.278. The van der Waals surface area contributed by atoms with Gasteiger partial charge < -0.3 is 9.84 Å². The van der Waals surface area contributed by atoms with E-state index in [2.05, 4.69) is 28.6 Å². The molecule has 0 amide bonds. The van der Waals surface area contributed by atoms with Crippen molar-refractivity contribution in [2.75, 3.05) is 7.11 Å². The van der Waals surface area contributed by atoms with Crippen molar-refractivity contribution < 1.29 is 24.2 Å². The smallest absolute Gasteiger partial charge is 0.355 e. The van der Waals surface area contributed by atoms with Crippen LogP contribution in [0.15, 0.2) is 33.6 Å². The van der Waals surface area contributed by atoms with E-state index in [9.17, 15) is 19.5 Å². The second-order valence-electron chi connectivity index (χ2n) is 6.05. The largest absolute Gasteiger partial charge is 0.464 e. The highest BCUT2D eigenvalue weighted by Gasteiger charge is 2.46. The zero-order chi connectivity index (χ0) is 19.2. The molecule has 2 heterocycles. The first-order valence-electron chi connectivity index (χ1n) is 7.83. The van der Waals surface area contributed by atoms with Gasteiger partial charge in [-0.25, -0.2) is 4.79 Å². The maximum Gasteiger partial charge on any atom is 0.355 e. The molecule has 1 aliphatic heterocycles. The predicted octanol–water partition coefficient (Wildman–Crippen LogP) is 2.87. The number of ketones is 1. The molecule has 1 N–H and O–H groups in total. The first kappa shape index (κ1) is 18.9. The van der Waals surface area contributed by atoms with Crippen LogP contribution >= 0.6 is 28.6 Å². The number of nitrogens with zero attached hydrogens (tertiary/aromatic N) is 1. The van der Waals surface area contributed by atoms with E-state index in [1.807, 2.05) is 0 Å². The minimum atomic E-state index is -0.920. The highest BCUT2D eigenvalue weighted by molar-refractivity contribution is 9.10. The Hall–Kier alpha value is -1.90. The van der Waals surface area contributed by atoms with Crippen LogP contribution in [0.2, 0.25) is 0 Å². The number of hydrogen-bond donors (Lipinski definition) is 2. The molecule has 0 saturated carbocycles. The average molecular weight is 438 g/mol. The summed E-state index contributed by atoms with van der Waals surface area (Å²) in [6, 6.07) is 6.84. The van der Waals surface area contributed by atoms with Crippen molar-refractivity contribution in [3.63, 3.8) is 0 Å². The van der Waals surface area contributed by atoms with Crippen LogP contribution in [-0.2, 0) is 11.2 Å². The Morgan fingerprint density at radius 2 is 1.96 bits per heavy atom. The van der Waals surface area contributed by atoms with Gasteiger partial charge in [0.2, 0.25) is 5.91 Å². The predicted molar refractivity (Wildman–Crippen MR) is 100 cm³/mol. The zero-order valence-electron chi connectivity index (χ0n) is 14.0. The highest BCUT2D eigenvalue weighted by Crippen LogP contribution is 2.42. The van der Waals surface area contributed by atoms with Gasteiger partial charge in [-0.1, -0.05) is 28.1 Å². The zero-order valence-corrected chi connectivity index (χ0v) is 16.5. The number of aliphatic hydroxyl groups excluding tert-OH is 1. The number of ether oxygens (including phenoxy) is 1. The van der Waals surface area contributed by atoms with Crippen LogP contribution in [0.5, 0.6) is 0 Å². The summed E-state index contributed by atoms with van der Waals surface area (Å²) in [6.07, 6.45) is -1.03. The van der Waals surface area contributed by atoms with E-state index < -0.39 is 23.9 Å². The summed E-state index contributed by atoms with van der Waals surface area (Å²) in [7, 11) is 1.20. The van der Waals surface area contributed by atoms with Crippen molar-refractivity contribution in [3.8, 4) is 0 Å². The fourth-order valence-electron chi connectivity index (χ4n) is 3.15. The van der Waals surface area contributed by atoms with Crippen LogP contribution < -0.4 is 0 Å². The van der Waals surface area contributed by atoms with Crippen molar-refractivity contribution >= 4 is 46.2 Å². The van der Waals surface area contributed by atoms with E-state index in [1.165, 1.54) is 18.6 Å². The van der Waals surface area contributed by atoms with Crippen molar-refractivity contribution in [1.82, 2.24) is 4.57 Å². The molecule has 0 spiro atoms. The van der Waals surface area contributed by atoms with Crippen LogP contribution in [0.3, 0.4) is 0 Å². The molecule has 1 aromatic heterocycles. The van der Waals surface area contributed by atoms with Gasteiger partial charge in [0.1, 0.15) is 11.6 Å². The number of halogens is 1. The molecule has 2 aromatic rings. The standard InChI is InChI=1S/C18H16BrNO5S/c1-8(21)13-15-16(26)11(14(18(24)25-2)20(15)17(13)23)7-12(22)9-3-5-10(19)6-4-9/h3-6,8,13,21,26H,7H2,1-2H3/t8-,13+/m0/s1. The number of Topliss-reactive ketones (excluding diaryl/α,β-unsaturated/α-hetero) is 1. The molecule has 0 saturated heterocycles. The van der Waals surface area contributed by atoms with Gasteiger partial charge >= 0.3 is 5.97 Å². The number of benzene rings is 1. The number of hydrogen-bond acceptors (Lipinski definition) is 6. The van der Waals surface area contributed by atoms with E-state index >= 15 is 0 Å². The second kappa shape index (κ2) is 7.02. The quantitative estimate of drug-likeness (QED) is 0.426. The Balaban J connectivity index is 2.05. The SMILES string of the molecule is COC(=O)c1c(CC(=O)c2ccc(Br)cc2)c(S)c2n1C(=O)[C@@H]2[C@H](C)O. The summed E-state index contributed by atoms with van der Waals surface area (Å²) >= 11 is 7.74. The van der Waals surface area contributed by atoms with Gasteiger partial charge in [0.15, 0.2) is 5.78 Å². The molecule has 0 aliphatic carbocycles. The van der Waals surface area contributed by atoms with Crippen molar-refractivity contribution in [3.05, 3.63) is 51.3 Å². The summed E-state index contributed by atoms with van der Waals surface area (Å²) in [4.78, 5) is 37.6. The van der Waals surface area contributed by atoms with E-state index in [1.54, 1.807) is 24.3 Å². The van der Waals surface area contributed by atoms with Gasteiger partial charge in [-0.3, -0.25) is 14.2 Å². The number of carbonyl (C=O) groups excluding carboxylic acids is 3. The molecule has 0 unspecified atom stereocenters. The van der Waals surface area contributed by atoms with Gasteiger partial charge in [0.05, 0.1) is 18.9 Å². The number of carbonyl (C=O) groups is 3. The van der Waals surface area contributed by atoms with Crippen LogP contribution in [0, 0.1) is 0 Å². The lowest BCUT2D eigenvalue weighted by atomic mass is 9.92. The number of thiol groups is 1. The number of aliphatic hydroxyl groups is 1. The highest BCUT2D eigenvalue weighted by atomic mass is 79.9. The molecule has 26 heavy (non-hydrogen) atoms. The Bertz CT molecular complexity index is 917. The molecule has 2 atom stereocenters. The molecule has 8 heteroatoms. The molecule has 0 radical (unpaired) electrons. The molecular weight excluding hydrogens is 422 g/mol.